The van der Waals surface area contributed by atoms with Crippen LogP contribution in [0.1, 0.15) is 37.5 Å². The molecule has 1 saturated heterocycles. The van der Waals surface area contributed by atoms with Gasteiger partial charge in [0.2, 0.25) is 0 Å². The van der Waals surface area contributed by atoms with Crippen molar-refractivity contribution in [3.63, 3.8) is 0 Å². The van der Waals surface area contributed by atoms with Crippen LogP contribution in [-0.4, -0.2) is 49.4 Å². The van der Waals surface area contributed by atoms with Gasteiger partial charge in [-0.25, -0.2) is 4.68 Å². The molecule has 2 saturated carbocycles. The average Bonchev–Trinajstić information content (AvgIpc) is 2.81. The Kier molecular flexibility index (Phi) is 2.41. The van der Waals surface area contributed by atoms with Crippen LogP contribution in [-0.2, 0) is 6.54 Å². The standard InChI is InChI=1S/C12H19N5O/c18-11-4-1-8-5-16(6-10(8)11)7-12-13-14-15-17(12)9-2-3-9/h8-11,18H,1-7H2. The molecule has 0 aromatic carbocycles. The molecule has 2 heterocycles. The van der Waals surface area contributed by atoms with Gasteiger partial charge in [0, 0.05) is 19.0 Å². The van der Waals surface area contributed by atoms with Crippen LogP contribution in [0.2, 0.25) is 0 Å². The maximum atomic E-state index is 9.92. The number of aliphatic hydroxyl groups is 1. The molecular formula is C12H19N5O. The van der Waals surface area contributed by atoms with Gasteiger partial charge in [0.1, 0.15) is 0 Å². The average molecular weight is 249 g/mol. The molecule has 1 N–H and O–H groups in total. The Labute approximate surface area is 106 Å². The van der Waals surface area contributed by atoms with Crippen molar-refractivity contribution >= 4 is 0 Å². The molecule has 0 bridgehead atoms. The maximum Gasteiger partial charge on any atom is 0.165 e. The zero-order chi connectivity index (χ0) is 12.1. The highest BCUT2D eigenvalue weighted by Gasteiger charge is 2.42. The number of aromatic nitrogens is 4. The summed E-state index contributed by atoms with van der Waals surface area (Å²) in [7, 11) is 0. The first-order chi connectivity index (χ1) is 8.81. The number of hydrogen-bond acceptors (Lipinski definition) is 5. The SMILES string of the molecule is OC1CCC2CN(Cc3nnnn3C3CC3)CC12. The third kappa shape index (κ3) is 1.75. The van der Waals surface area contributed by atoms with E-state index < -0.39 is 0 Å². The second kappa shape index (κ2) is 3.99. The predicted molar refractivity (Wildman–Crippen MR) is 63.6 cm³/mol. The van der Waals surface area contributed by atoms with E-state index in [9.17, 15) is 5.11 Å². The van der Waals surface area contributed by atoms with E-state index in [0.717, 1.165) is 31.9 Å². The highest BCUT2D eigenvalue weighted by atomic mass is 16.3. The second-order valence-corrected chi connectivity index (χ2v) is 6.03. The number of hydrogen-bond donors (Lipinski definition) is 1. The van der Waals surface area contributed by atoms with Crippen molar-refractivity contribution < 1.29 is 5.11 Å². The molecule has 1 aliphatic heterocycles. The molecule has 18 heavy (non-hydrogen) atoms. The first kappa shape index (κ1) is 10.9. The highest BCUT2D eigenvalue weighted by molar-refractivity contribution is 4.97. The number of fused-ring (bicyclic) bond motifs is 1. The predicted octanol–water partition coefficient (Wildman–Crippen LogP) is 0.211. The fourth-order valence-corrected chi connectivity index (χ4v) is 3.58. The van der Waals surface area contributed by atoms with Gasteiger partial charge in [-0.1, -0.05) is 0 Å². The molecule has 0 radical (unpaired) electrons. The molecule has 3 unspecified atom stereocenters. The van der Waals surface area contributed by atoms with Crippen LogP contribution in [0.4, 0.5) is 0 Å². The Morgan fingerprint density at radius 3 is 2.83 bits per heavy atom. The summed E-state index contributed by atoms with van der Waals surface area (Å²) in [6.45, 7) is 2.94. The molecule has 6 nitrogen and oxygen atoms in total. The molecule has 2 aliphatic carbocycles. The Morgan fingerprint density at radius 2 is 2.06 bits per heavy atom. The van der Waals surface area contributed by atoms with Crippen LogP contribution in [0.25, 0.3) is 0 Å². The van der Waals surface area contributed by atoms with Crippen molar-refractivity contribution in [1.82, 2.24) is 25.1 Å². The minimum Gasteiger partial charge on any atom is -0.393 e. The van der Waals surface area contributed by atoms with Gasteiger partial charge < -0.3 is 5.11 Å². The maximum absolute atomic E-state index is 9.92. The van der Waals surface area contributed by atoms with Crippen LogP contribution in [0.15, 0.2) is 0 Å². The van der Waals surface area contributed by atoms with E-state index in [1.165, 1.54) is 19.3 Å². The fraction of sp³-hybridized carbons (Fsp3) is 0.917. The molecule has 0 amide bonds. The van der Waals surface area contributed by atoms with Gasteiger partial charge in [0.25, 0.3) is 0 Å². The topological polar surface area (TPSA) is 67.1 Å². The number of nitrogens with zero attached hydrogens (tertiary/aromatic N) is 5. The zero-order valence-electron chi connectivity index (χ0n) is 10.4. The molecule has 3 atom stereocenters. The Hall–Kier alpha value is -1.01. The summed E-state index contributed by atoms with van der Waals surface area (Å²) < 4.78 is 1.99. The Morgan fingerprint density at radius 1 is 1.17 bits per heavy atom. The van der Waals surface area contributed by atoms with E-state index >= 15 is 0 Å². The number of rotatable bonds is 3. The highest BCUT2D eigenvalue weighted by Crippen LogP contribution is 2.39. The molecule has 1 aromatic rings. The third-order valence-corrected chi connectivity index (χ3v) is 4.71. The lowest BCUT2D eigenvalue weighted by atomic mass is 10.00. The van der Waals surface area contributed by atoms with E-state index in [1.54, 1.807) is 0 Å². The quantitative estimate of drug-likeness (QED) is 0.829. The van der Waals surface area contributed by atoms with Crippen LogP contribution in [0.5, 0.6) is 0 Å². The van der Waals surface area contributed by atoms with Gasteiger partial charge in [-0.3, -0.25) is 4.90 Å². The van der Waals surface area contributed by atoms with Gasteiger partial charge in [0.05, 0.1) is 18.7 Å². The van der Waals surface area contributed by atoms with Gasteiger partial charge in [0.15, 0.2) is 5.82 Å². The van der Waals surface area contributed by atoms with Gasteiger partial charge in [-0.05, 0) is 42.0 Å². The van der Waals surface area contributed by atoms with Crippen molar-refractivity contribution in [1.29, 1.82) is 0 Å². The lowest BCUT2D eigenvalue weighted by Gasteiger charge is -2.17. The molecule has 4 rings (SSSR count). The number of tetrazole rings is 1. The van der Waals surface area contributed by atoms with E-state index in [0.29, 0.717) is 17.9 Å². The molecular weight excluding hydrogens is 230 g/mol. The number of aliphatic hydroxyl groups excluding tert-OH is 1. The van der Waals surface area contributed by atoms with Crippen molar-refractivity contribution in [2.75, 3.05) is 13.1 Å². The second-order valence-electron chi connectivity index (χ2n) is 6.03. The van der Waals surface area contributed by atoms with Gasteiger partial charge in [-0.2, -0.15) is 0 Å². The lowest BCUT2D eigenvalue weighted by molar-refractivity contribution is 0.123. The van der Waals surface area contributed by atoms with E-state index in [1.807, 2.05) is 4.68 Å². The summed E-state index contributed by atoms with van der Waals surface area (Å²) in [4.78, 5) is 2.41. The van der Waals surface area contributed by atoms with E-state index in [-0.39, 0.29) is 6.10 Å². The summed E-state index contributed by atoms with van der Waals surface area (Å²) in [5, 5.41) is 22.0. The van der Waals surface area contributed by atoms with Gasteiger partial charge >= 0.3 is 0 Å². The summed E-state index contributed by atoms with van der Waals surface area (Å²) in [5.74, 6) is 2.16. The van der Waals surface area contributed by atoms with E-state index in [4.69, 9.17) is 0 Å². The van der Waals surface area contributed by atoms with Crippen molar-refractivity contribution in [3.8, 4) is 0 Å². The lowest BCUT2D eigenvalue weighted by Crippen LogP contribution is -2.26. The molecule has 3 fully saturated rings. The fourth-order valence-electron chi connectivity index (χ4n) is 3.58. The third-order valence-electron chi connectivity index (χ3n) is 4.71. The van der Waals surface area contributed by atoms with Gasteiger partial charge in [-0.15, -0.1) is 5.10 Å². The molecule has 1 aromatic heterocycles. The van der Waals surface area contributed by atoms with Crippen LogP contribution in [0, 0.1) is 11.8 Å². The summed E-state index contributed by atoms with van der Waals surface area (Å²) in [6.07, 6.45) is 4.50. The minimum atomic E-state index is -0.0839. The Bertz CT molecular complexity index is 443. The van der Waals surface area contributed by atoms with E-state index in [2.05, 4.69) is 20.4 Å². The minimum absolute atomic E-state index is 0.0839. The van der Waals surface area contributed by atoms with Crippen molar-refractivity contribution in [2.45, 2.75) is 44.4 Å². The summed E-state index contributed by atoms with van der Waals surface area (Å²) in [5.41, 5.74) is 0. The molecule has 6 heteroatoms. The summed E-state index contributed by atoms with van der Waals surface area (Å²) in [6, 6.07) is 0.544. The Balaban J connectivity index is 1.45. The monoisotopic (exact) mass is 249 g/mol. The van der Waals surface area contributed by atoms with Crippen LogP contribution >= 0.6 is 0 Å². The largest absolute Gasteiger partial charge is 0.393 e. The normalized spacial score (nSPS) is 36.2. The first-order valence-electron chi connectivity index (χ1n) is 6.98. The van der Waals surface area contributed by atoms with Crippen molar-refractivity contribution in [2.24, 2.45) is 11.8 Å². The smallest absolute Gasteiger partial charge is 0.165 e. The molecule has 98 valence electrons. The molecule has 0 spiro atoms. The van der Waals surface area contributed by atoms with Crippen LogP contribution < -0.4 is 0 Å². The van der Waals surface area contributed by atoms with Crippen molar-refractivity contribution in [3.05, 3.63) is 5.82 Å². The number of likely N-dealkylation sites (tertiary alicyclic amines) is 1. The molecule has 3 aliphatic rings. The summed E-state index contributed by atoms with van der Waals surface area (Å²) >= 11 is 0. The first-order valence-corrected chi connectivity index (χ1v) is 6.98. The van der Waals surface area contributed by atoms with Crippen LogP contribution in [0.3, 0.4) is 0 Å². The zero-order valence-corrected chi connectivity index (χ0v) is 10.4.